The Morgan fingerprint density at radius 1 is 1.31 bits per heavy atom. The highest BCUT2D eigenvalue weighted by Gasteiger charge is 2.40. The van der Waals surface area contributed by atoms with E-state index in [1.54, 1.807) is 11.8 Å². The lowest BCUT2D eigenvalue weighted by Crippen LogP contribution is -2.58. The number of nitrogens with one attached hydrogen (secondary N) is 1. The molecule has 2 saturated heterocycles. The van der Waals surface area contributed by atoms with Gasteiger partial charge in [0, 0.05) is 24.8 Å². The van der Waals surface area contributed by atoms with Gasteiger partial charge in [-0.1, -0.05) is 12.1 Å². The Bertz CT molecular complexity index is 806. The van der Waals surface area contributed by atoms with Crippen LogP contribution >= 0.6 is 11.8 Å². The van der Waals surface area contributed by atoms with Crippen molar-refractivity contribution in [2.75, 3.05) is 18.8 Å². The first kappa shape index (κ1) is 17.4. The van der Waals surface area contributed by atoms with Crippen molar-refractivity contribution in [1.82, 2.24) is 15.2 Å². The monoisotopic (exact) mass is 373 g/mol. The van der Waals surface area contributed by atoms with Gasteiger partial charge in [0.15, 0.2) is 11.5 Å². The van der Waals surface area contributed by atoms with Crippen LogP contribution < -0.4 is 5.32 Å². The van der Waals surface area contributed by atoms with Gasteiger partial charge >= 0.3 is 0 Å². The second-order valence-electron chi connectivity index (χ2n) is 7.47. The minimum atomic E-state index is -0.462. The van der Waals surface area contributed by atoms with Gasteiger partial charge in [-0.2, -0.15) is 0 Å². The largest absolute Gasteiger partial charge is 0.440 e. The number of thioether (sulfide) groups is 1. The molecule has 1 atom stereocenters. The molecule has 0 spiro atoms. The lowest BCUT2D eigenvalue weighted by Gasteiger charge is -2.37. The number of carbonyl (C=O) groups is 2. The number of piperidine rings is 1. The normalized spacial score (nSPS) is 23.8. The number of aromatic nitrogens is 1. The molecule has 7 heteroatoms. The fourth-order valence-corrected chi connectivity index (χ4v) is 4.50. The zero-order chi connectivity index (χ0) is 18.3. The molecule has 2 fully saturated rings. The molecule has 1 aromatic carbocycles. The molecule has 2 aliphatic heterocycles. The smallest absolute Gasteiger partial charge is 0.246 e. The Morgan fingerprint density at radius 2 is 2.04 bits per heavy atom. The van der Waals surface area contributed by atoms with Crippen LogP contribution in [-0.4, -0.2) is 51.3 Å². The third kappa shape index (κ3) is 3.20. The van der Waals surface area contributed by atoms with Crippen molar-refractivity contribution >= 4 is 34.7 Å². The molecule has 0 aliphatic carbocycles. The van der Waals surface area contributed by atoms with Crippen LogP contribution in [0.3, 0.4) is 0 Å². The quantitative estimate of drug-likeness (QED) is 0.876. The molecule has 1 N–H and O–H groups in total. The number of carbonyl (C=O) groups excluding carboxylic acids is 2. The van der Waals surface area contributed by atoms with Gasteiger partial charge in [-0.25, -0.2) is 4.98 Å². The van der Waals surface area contributed by atoms with Crippen LogP contribution in [0.15, 0.2) is 28.7 Å². The summed E-state index contributed by atoms with van der Waals surface area (Å²) in [6.45, 7) is 5.12. The van der Waals surface area contributed by atoms with E-state index in [1.807, 2.05) is 43.0 Å². The van der Waals surface area contributed by atoms with Crippen LogP contribution in [0.4, 0.5) is 0 Å². The van der Waals surface area contributed by atoms with Crippen LogP contribution in [0.5, 0.6) is 0 Å². The molecule has 0 radical (unpaired) electrons. The summed E-state index contributed by atoms with van der Waals surface area (Å²) in [7, 11) is 0. The van der Waals surface area contributed by atoms with Gasteiger partial charge in [-0.3, -0.25) is 9.59 Å². The molecule has 138 valence electrons. The Labute approximate surface area is 156 Å². The van der Waals surface area contributed by atoms with E-state index in [1.165, 1.54) is 0 Å². The Balaban J connectivity index is 1.37. The molecule has 2 aliphatic rings. The van der Waals surface area contributed by atoms with Crippen molar-refractivity contribution in [3.8, 4) is 0 Å². The summed E-state index contributed by atoms with van der Waals surface area (Å²) >= 11 is 1.54. The summed E-state index contributed by atoms with van der Waals surface area (Å²) in [4.78, 5) is 31.3. The third-order valence-electron chi connectivity index (χ3n) is 5.23. The highest BCUT2D eigenvalue weighted by atomic mass is 32.2. The summed E-state index contributed by atoms with van der Waals surface area (Å²) in [5.41, 5.74) is 1.69. The lowest BCUT2D eigenvalue weighted by atomic mass is 9.96. The lowest BCUT2D eigenvalue weighted by molar-refractivity contribution is -0.137. The number of para-hydroxylation sites is 2. The molecule has 3 heterocycles. The number of hydrogen-bond acceptors (Lipinski definition) is 5. The average Bonchev–Trinajstić information content (AvgIpc) is 3.08. The Morgan fingerprint density at radius 3 is 2.73 bits per heavy atom. The first-order chi connectivity index (χ1) is 12.4. The molecular formula is C19H23N3O3S. The van der Waals surface area contributed by atoms with Gasteiger partial charge in [0.2, 0.25) is 11.8 Å². The molecular weight excluding hydrogens is 350 g/mol. The average molecular weight is 373 g/mol. The SMILES string of the molecule is CC1(C)SC[C@@H](C(=O)N2CCC(c3nc4ccccc4o3)CC2)NC1=O. The van der Waals surface area contributed by atoms with Gasteiger partial charge < -0.3 is 14.6 Å². The van der Waals surface area contributed by atoms with Crippen molar-refractivity contribution in [3.05, 3.63) is 30.2 Å². The van der Waals surface area contributed by atoms with E-state index < -0.39 is 10.8 Å². The molecule has 26 heavy (non-hydrogen) atoms. The summed E-state index contributed by atoms with van der Waals surface area (Å²) in [6, 6.07) is 7.35. The van der Waals surface area contributed by atoms with E-state index in [0.717, 1.165) is 29.8 Å². The number of rotatable bonds is 2. The van der Waals surface area contributed by atoms with Crippen molar-refractivity contribution in [2.24, 2.45) is 0 Å². The zero-order valence-corrected chi connectivity index (χ0v) is 15.8. The van der Waals surface area contributed by atoms with E-state index in [2.05, 4.69) is 10.3 Å². The maximum absolute atomic E-state index is 12.8. The van der Waals surface area contributed by atoms with E-state index in [-0.39, 0.29) is 17.7 Å². The number of amides is 2. The van der Waals surface area contributed by atoms with Gasteiger partial charge in [-0.15, -0.1) is 11.8 Å². The number of oxazole rings is 1. The summed E-state index contributed by atoms with van der Waals surface area (Å²) < 4.78 is 5.42. The van der Waals surface area contributed by atoms with E-state index >= 15 is 0 Å². The zero-order valence-electron chi connectivity index (χ0n) is 15.0. The summed E-state index contributed by atoms with van der Waals surface area (Å²) in [6.07, 6.45) is 1.66. The fraction of sp³-hybridized carbons (Fsp3) is 0.526. The minimum Gasteiger partial charge on any atom is -0.440 e. The number of hydrogen-bond donors (Lipinski definition) is 1. The van der Waals surface area contributed by atoms with Crippen LogP contribution in [0.2, 0.25) is 0 Å². The third-order valence-corrected chi connectivity index (χ3v) is 6.63. The van der Waals surface area contributed by atoms with Crippen molar-refractivity contribution in [3.63, 3.8) is 0 Å². The molecule has 0 saturated carbocycles. The van der Waals surface area contributed by atoms with Crippen LogP contribution in [0.1, 0.15) is 38.5 Å². The second-order valence-corrected chi connectivity index (χ2v) is 9.11. The second kappa shape index (κ2) is 6.61. The number of benzene rings is 1. The molecule has 2 aromatic rings. The number of nitrogens with zero attached hydrogens (tertiary/aromatic N) is 2. The van der Waals surface area contributed by atoms with E-state index in [0.29, 0.717) is 18.8 Å². The molecule has 1 aromatic heterocycles. The van der Waals surface area contributed by atoms with Gasteiger partial charge in [0.25, 0.3) is 0 Å². The Kier molecular flexibility index (Phi) is 4.42. The number of fused-ring (bicyclic) bond motifs is 1. The predicted octanol–water partition coefficient (Wildman–Crippen LogP) is 2.54. The van der Waals surface area contributed by atoms with Gasteiger partial charge in [-0.05, 0) is 38.8 Å². The van der Waals surface area contributed by atoms with Crippen LogP contribution in [-0.2, 0) is 9.59 Å². The highest BCUT2D eigenvalue weighted by Crippen LogP contribution is 2.32. The first-order valence-electron chi connectivity index (χ1n) is 9.03. The molecule has 6 nitrogen and oxygen atoms in total. The maximum atomic E-state index is 12.8. The number of likely N-dealkylation sites (tertiary alicyclic amines) is 1. The van der Waals surface area contributed by atoms with Gasteiger partial charge in [0.1, 0.15) is 11.6 Å². The topological polar surface area (TPSA) is 75.4 Å². The van der Waals surface area contributed by atoms with E-state index in [4.69, 9.17) is 4.42 Å². The molecule has 2 amide bonds. The standard InChI is InChI=1S/C19H23N3O3S/c1-19(2)18(24)21-14(11-26-19)17(23)22-9-7-12(8-10-22)16-20-13-5-3-4-6-15(13)25-16/h3-6,12,14H,7-11H2,1-2H3,(H,21,24)/t14-/m0/s1. The van der Waals surface area contributed by atoms with E-state index in [9.17, 15) is 9.59 Å². The molecule has 4 rings (SSSR count). The molecule has 0 bridgehead atoms. The fourth-order valence-electron chi connectivity index (χ4n) is 3.50. The summed E-state index contributed by atoms with van der Waals surface area (Å²) in [5, 5.41) is 2.88. The summed E-state index contributed by atoms with van der Waals surface area (Å²) in [5.74, 6) is 1.59. The van der Waals surface area contributed by atoms with Crippen molar-refractivity contribution in [2.45, 2.75) is 43.4 Å². The highest BCUT2D eigenvalue weighted by molar-refractivity contribution is 8.01. The van der Waals surface area contributed by atoms with Crippen molar-refractivity contribution < 1.29 is 14.0 Å². The van der Waals surface area contributed by atoms with Crippen LogP contribution in [0.25, 0.3) is 11.1 Å². The Hall–Kier alpha value is -2.02. The minimum absolute atomic E-state index is 0.0253. The first-order valence-corrected chi connectivity index (χ1v) is 10.0. The predicted molar refractivity (Wildman–Crippen MR) is 101 cm³/mol. The molecule has 0 unspecified atom stereocenters. The van der Waals surface area contributed by atoms with Gasteiger partial charge in [0.05, 0.1) is 4.75 Å². The van der Waals surface area contributed by atoms with Crippen molar-refractivity contribution in [1.29, 1.82) is 0 Å². The maximum Gasteiger partial charge on any atom is 0.246 e. The van der Waals surface area contributed by atoms with Crippen LogP contribution in [0, 0.1) is 0 Å².